The molecule has 19 heavy (non-hydrogen) atoms. The molecule has 0 unspecified atom stereocenters. The maximum atomic E-state index is 11.5. The summed E-state index contributed by atoms with van der Waals surface area (Å²) in [5, 5.41) is 3.33. The van der Waals surface area contributed by atoms with Gasteiger partial charge in [0.25, 0.3) is 10.0 Å². The molecular formula is C13H22N2O3S. The van der Waals surface area contributed by atoms with Crippen LogP contribution in [0.25, 0.3) is 0 Å². The van der Waals surface area contributed by atoms with Crippen molar-refractivity contribution in [1.29, 1.82) is 0 Å². The molecule has 0 spiro atoms. The molecule has 1 fully saturated rings. The molecule has 0 radical (unpaired) electrons. The SMILES string of the molecule is CNS(=O)(=O)c1ccc(CNCC2(C)CCCC2)o1. The molecule has 5 nitrogen and oxygen atoms in total. The number of hydrogen-bond acceptors (Lipinski definition) is 4. The van der Waals surface area contributed by atoms with Crippen molar-refractivity contribution in [2.45, 2.75) is 44.2 Å². The molecule has 2 N–H and O–H groups in total. The number of rotatable bonds is 6. The van der Waals surface area contributed by atoms with Gasteiger partial charge in [0.15, 0.2) is 0 Å². The molecule has 1 aliphatic rings. The molecule has 108 valence electrons. The summed E-state index contributed by atoms with van der Waals surface area (Å²) in [4.78, 5) is 0. The summed E-state index contributed by atoms with van der Waals surface area (Å²) in [6, 6.07) is 3.19. The second-order valence-corrected chi connectivity index (χ2v) is 7.37. The van der Waals surface area contributed by atoms with E-state index >= 15 is 0 Å². The predicted octanol–water partition coefficient (Wildman–Crippen LogP) is 1.86. The van der Waals surface area contributed by atoms with Crippen molar-refractivity contribution in [3.63, 3.8) is 0 Å². The number of furan rings is 1. The molecule has 0 aromatic carbocycles. The first-order chi connectivity index (χ1) is 8.95. The standard InChI is InChI=1S/C13H22N2O3S/c1-13(7-3-4-8-13)10-15-9-11-5-6-12(18-11)19(16,17)14-2/h5-6,14-15H,3-4,7-10H2,1-2H3. The summed E-state index contributed by atoms with van der Waals surface area (Å²) in [6.07, 6.45) is 5.14. The minimum absolute atomic E-state index is 0.0288. The predicted molar refractivity (Wildman–Crippen MR) is 73.2 cm³/mol. The molecule has 0 amide bonds. The fourth-order valence-electron chi connectivity index (χ4n) is 2.59. The summed E-state index contributed by atoms with van der Waals surface area (Å²) < 4.78 is 30.6. The summed E-state index contributed by atoms with van der Waals surface area (Å²) in [5.74, 6) is 0.649. The van der Waals surface area contributed by atoms with Crippen molar-refractivity contribution in [1.82, 2.24) is 10.0 Å². The van der Waals surface area contributed by atoms with Crippen molar-refractivity contribution < 1.29 is 12.8 Å². The van der Waals surface area contributed by atoms with E-state index in [1.54, 1.807) is 6.07 Å². The van der Waals surface area contributed by atoms with Crippen LogP contribution in [0.4, 0.5) is 0 Å². The van der Waals surface area contributed by atoms with E-state index in [-0.39, 0.29) is 5.09 Å². The Morgan fingerprint density at radius 2 is 2.00 bits per heavy atom. The second kappa shape index (κ2) is 5.64. The Kier molecular flexibility index (Phi) is 4.32. The van der Waals surface area contributed by atoms with Crippen molar-refractivity contribution >= 4 is 10.0 Å². The van der Waals surface area contributed by atoms with Gasteiger partial charge in [0.05, 0.1) is 6.54 Å². The van der Waals surface area contributed by atoms with E-state index in [9.17, 15) is 8.42 Å². The Bertz CT molecular complexity index is 516. The van der Waals surface area contributed by atoms with Crippen LogP contribution in [-0.4, -0.2) is 22.0 Å². The summed E-state index contributed by atoms with van der Waals surface area (Å²) in [5.41, 5.74) is 0.381. The fourth-order valence-corrected chi connectivity index (χ4v) is 3.26. The molecule has 1 aromatic heterocycles. The van der Waals surface area contributed by atoms with Crippen LogP contribution in [0.1, 0.15) is 38.4 Å². The molecule has 0 bridgehead atoms. The van der Waals surface area contributed by atoms with Gasteiger partial charge in [0.2, 0.25) is 5.09 Å². The van der Waals surface area contributed by atoms with E-state index in [0.717, 1.165) is 6.54 Å². The molecule has 1 aromatic rings. The molecule has 1 aliphatic carbocycles. The first-order valence-electron chi connectivity index (χ1n) is 6.68. The zero-order chi connectivity index (χ0) is 13.9. The number of nitrogens with one attached hydrogen (secondary N) is 2. The van der Waals surface area contributed by atoms with E-state index in [2.05, 4.69) is 17.0 Å². The van der Waals surface area contributed by atoms with Crippen LogP contribution in [-0.2, 0) is 16.6 Å². The molecule has 2 rings (SSSR count). The van der Waals surface area contributed by atoms with Crippen LogP contribution in [0.15, 0.2) is 21.6 Å². The van der Waals surface area contributed by atoms with E-state index in [4.69, 9.17) is 4.42 Å². The third-order valence-electron chi connectivity index (χ3n) is 3.83. The van der Waals surface area contributed by atoms with Crippen LogP contribution in [0.2, 0.25) is 0 Å². The quantitative estimate of drug-likeness (QED) is 0.837. The summed E-state index contributed by atoms with van der Waals surface area (Å²) in [6.45, 7) is 3.81. The topological polar surface area (TPSA) is 71.3 Å². The molecular weight excluding hydrogens is 264 g/mol. The van der Waals surface area contributed by atoms with Crippen molar-refractivity contribution in [2.24, 2.45) is 5.41 Å². The Morgan fingerprint density at radius 1 is 1.32 bits per heavy atom. The van der Waals surface area contributed by atoms with Crippen molar-refractivity contribution in [3.8, 4) is 0 Å². The first kappa shape index (κ1) is 14.6. The molecule has 6 heteroatoms. The smallest absolute Gasteiger partial charge is 0.273 e. The van der Waals surface area contributed by atoms with Crippen LogP contribution in [0.3, 0.4) is 0 Å². The Balaban J connectivity index is 1.87. The van der Waals surface area contributed by atoms with Gasteiger partial charge in [-0.2, -0.15) is 0 Å². The lowest BCUT2D eigenvalue weighted by molar-refractivity contribution is 0.304. The van der Waals surface area contributed by atoms with Crippen molar-refractivity contribution in [3.05, 3.63) is 17.9 Å². The average Bonchev–Trinajstić information content (AvgIpc) is 2.99. The molecule has 0 aliphatic heterocycles. The lowest BCUT2D eigenvalue weighted by Crippen LogP contribution is -2.29. The number of sulfonamides is 1. The maximum absolute atomic E-state index is 11.5. The zero-order valence-electron chi connectivity index (χ0n) is 11.5. The molecule has 1 heterocycles. The average molecular weight is 286 g/mol. The molecule has 0 saturated heterocycles. The minimum Gasteiger partial charge on any atom is -0.447 e. The van der Waals surface area contributed by atoms with E-state index in [0.29, 0.717) is 17.7 Å². The van der Waals surface area contributed by atoms with Gasteiger partial charge in [-0.3, -0.25) is 0 Å². The number of hydrogen-bond donors (Lipinski definition) is 2. The first-order valence-corrected chi connectivity index (χ1v) is 8.16. The monoisotopic (exact) mass is 286 g/mol. The van der Waals surface area contributed by atoms with Gasteiger partial charge < -0.3 is 9.73 Å². The van der Waals surface area contributed by atoms with Crippen molar-refractivity contribution in [2.75, 3.05) is 13.6 Å². The third kappa shape index (κ3) is 3.58. The minimum atomic E-state index is -3.47. The Morgan fingerprint density at radius 3 is 2.63 bits per heavy atom. The molecule has 0 atom stereocenters. The zero-order valence-corrected chi connectivity index (χ0v) is 12.3. The van der Waals surface area contributed by atoms with E-state index < -0.39 is 10.0 Å². The van der Waals surface area contributed by atoms with Crippen LogP contribution >= 0.6 is 0 Å². The van der Waals surface area contributed by atoms with Gasteiger partial charge in [-0.25, -0.2) is 13.1 Å². The van der Waals surface area contributed by atoms with Gasteiger partial charge in [0.1, 0.15) is 5.76 Å². The van der Waals surface area contributed by atoms with Crippen LogP contribution < -0.4 is 10.0 Å². The van der Waals surface area contributed by atoms with E-state index in [1.165, 1.54) is 38.8 Å². The maximum Gasteiger partial charge on any atom is 0.273 e. The normalized spacial score (nSPS) is 18.8. The highest BCUT2D eigenvalue weighted by atomic mass is 32.2. The second-order valence-electron chi connectivity index (χ2n) is 5.55. The van der Waals surface area contributed by atoms with Gasteiger partial charge in [-0.05, 0) is 37.4 Å². The highest BCUT2D eigenvalue weighted by Crippen LogP contribution is 2.36. The lowest BCUT2D eigenvalue weighted by atomic mass is 9.89. The third-order valence-corrected chi connectivity index (χ3v) is 5.12. The van der Waals surface area contributed by atoms with Crippen LogP contribution in [0.5, 0.6) is 0 Å². The molecule has 1 saturated carbocycles. The van der Waals surface area contributed by atoms with E-state index in [1.807, 2.05) is 0 Å². The van der Waals surface area contributed by atoms with Crippen LogP contribution in [0, 0.1) is 5.41 Å². The van der Waals surface area contributed by atoms with Gasteiger partial charge >= 0.3 is 0 Å². The lowest BCUT2D eigenvalue weighted by Gasteiger charge is -2.23. The van der Waals surface area contributed by atoms with Gasteiger partial charge in [-0.15, -0.1) is 0 Å². The van der Waals surface area contributed by atoms with Gasteiger partial charge in [-0.1, -0.05) is 19.8 Å². The fraction of sp³-hybridized carbons (Fsp3) is 0.692. The summed E-state index contributed by atoms with van der Waals surface area (Å²) >= 11 is 0. The highest BCUT2D eigenvalue weighted by Gasteiger charge is 2.28. The largest absolute Gasteiger partial charge is 0.447 e. The highest BCUT2D eigenvalue weighted by molar-refractivity contribution is 7.89. The van der Waals surface area contributed by atoms with Gasteiger partial charge in [0, 0.05) is 6.54 Å². The Labute approximate surface area is 114 Å². The Hall–Kier alpha value is -0.850. The summed E-state index contributed by atoms with van der Waals surface area (Å²) in [7, 11) is -2.10.